The molecule has 0 saturated heterocycles. The highest BCUT2D eigenvalue weighted by atomic mass is 15.0. The number of allylic oxidation sites excluding steroid dienone is 1. The summed E-state index contributed by atoms with van der Waals surface area (Å²) >= 11 is 0. The molecule has 0 aromatic carbocycles. The maximum absolute atomic E-state index is 4.23. The molecule has 0 fully saturated rings. The number of nitrogens with zero attached hydrogens (tertiary/aromatic N) is 1. The van der Waals surface area contributed by atoms with Gasteiger partial charge in [0, 0.05) is 18.7 Å². The lowest BCUT2D eigenvalue weighted by Gasteiger charge is -2.20. The van der Waals surface area contributed by atoms with Crippen LogP contribution >= 0.6 is 0 Å². The number of hydrogen-bond donors (Lipinski definition) is 1. The van der Waals surface area contributed by atoms with Crippen molar-refractivity contribution in [3.8, 4) is 0 Å². The molecule has 1 rings (SSSR count). The van der Waals surface area contributed by atoms with E-state index in [9.17, 15) is 0 Å². The van der Waals surface area contributed by atoms with Crippen molar-refractivity contribution >= 4 is 6.21 Å². The van der Waals surface area contributed by atoms with Crippen LogP contribution in [-0.4, -0.2) is 13.3 Å². The van der Waals surface area contributed by atoms with E-state index in [1.165, 1.54) is 0 Å². The number of nitrogens with one attached hydrogen (secondary N) is 1. The normalized spacial score (nSPS) is 22.1. The van der Waals surface area contributed by atoms with E-state index in [4.69, 9.17) is 0 Å². The molecule has 0 aromatic rings. The second-order valence-corrected chi connectivity index (χ2v) is 3.29. The van der Waals surface area contributed by atoms with Crippen LogP contribution in [0.25, 0.3) is 0 Å². The molecular formula is C8H14N2. The number of hydrogen-bond acceptors (Lipinski definition) is 2. The van der Waals surface area contributed by atoms with Crippen molar-refractivity contribution in [3.63, 3.8) is 0 Å². The highest BCUT2D eigenvalue weighted by molar-refractivity contribution is 5.67. The Morgan fingerprint density at radius 3 is 2.70 bits per heavy atom. The Morgan fingerprint density at radius 2 is 2.30 bits per heavy atom. The van der Waals surface area contributed by atoms with Crippen molar-refractivity contribution in [1.82, 2.24) is 5.32 Å². The van der Waals surface area contributed by atoms with Gasteiger partial charge in [-0.05, 0) is 12.5 Å². The molecule has 0 unspecified atom stereocenters. The lowest BCUT2D eigenvalue weighted by Crippen LogP contribution is -2.18. The van der Waals surface area contributed by atoms with E-state index < -0.39 is 0 Å². The molecule has 1 N–H and O–H groups in total. The Labute approximate surface area is 62.0 Å². The van der Waals surface area contributed by atoms with Crippen molar-refractivity contribution in [3.05, 3.63) is 11.9 Å². The largest absolute Gasteiger partial charge is 0.373 e. The Hall–Kier alpha value is -0.790. The predicted molar refractivity (Wildman–Crippen MR) is 44.0 cm³/mol. The van der Waals surface area contributed by atoms with Gasteiger partial charge in [0.1, 0.15) is 5.82 Å². The maximum Gasteiger partial charge on any atom is 0.121 e. The minimum Gasteiger partial charge on any atom is -0.373 e. The van der Waals surface area contributed by atoms with E-state index in [0.717, 1.165) is 12.2 Å². The third kappa shape index (κ3) is 1.59. The highest BCUT2D eigenvalue weighted by Crippen LogP contribution is 2.22. The summed E-state index contributed by atoms with van der Waals surface area (Å²) in [4.78, 5) is 4.23. The summed E-state index contributed by atoms with van der Waals surface area (Å²) in [5, 5.41) is 3.00. The molecular weight excluding hydrogens is 124 g/mol. The van der Waals surface area contributed by atoms with Gasteiger partial charge in [0.05, 0.1) is 0 Å². The summed E-state index contributed by atoms with van der Waals surface area (Å²) < 4.78 is 0. The van der Waals surface area contributed by atoms with Gasteiger partial charge in [-0.1, -0.05) is 13.8 Å². The first kappa shape index (κ1) is 7.32. The summed E-state index contributed by atoms with van der Waals surface area (Å²) in [6, 6.07) is 0. The lowest BCUT2D eigenvalue weighted by molar-refractivity contribution is 0.532. The van der Waals surface area contributed by atoms with Crippen LogP contribution in [-0.2, 0) is 0 Å². The first-order valence-electron chi connectivity index (χ1n) is 3.57. The van der Waals surface area contributed by atoms with Gasteiger partial charge in [0.15, 0.2) is 0 Å². The van der Waals surface area contributed by atoms with E-state index in [2.05, 4.69) is 30.2 Å². The molecule has 1 aliphatic heterocycles. The van der Waals surface area contributed by atoms with Crippen molar-refractivity contribution in [2.24, 2.45) is 10.4 Å². The molecule has 56 valence electrons. The van der Waals surface area contributed by atoms with Crippen molar-refractivity contribution in [1.29, 1.82) is 0 Å². The number of rotatable bonds is 1. The number of aliphatic imine (C=N–C) groups is 1. The maximum atomic E-state index is 4.23. The van der Waals surface area contributed by atoms with Crippen LogP contribution in [0.1, 0.15) is 20.3 Å². The lowest BCUT2D eigenvalue weighted by atomic mass is 9.89. The summed E-state index contributed by atoms with van der Waals surface area (Å²) in [6.07, 6.45) is 5.20. The average molecular weight is 138 g/mol. The van der Waals surface area contributed by atoms with Crippen LogP contribution in [0.3, 0.4) is 0 Å². The zero-order valence-electron chi connectivity index (χ0n) is 6.81. The molecule has 0 aromatic heterocycles. The average Bonchev–Trinajstić information content (AvgIpc) is 1.88. The van der Waals surface area contributed by atoms with E-state index in [1.807, 2.05) is 13.3 Å². The van der Waals surface area contributed by atoms with Gasteiger partial charge < -0.3 is 5.32 Å². The first-order valence-corrected chi connectivity index (χ1v) is 3.57. The first-order chi connectivity index (χ1) is 4.64. The monoisotopic (exact) mass is 138 g/mol. The van der Waals surface area contributed by atoms with E-state index in [0.29, 0.717) is 0 Å². The van der Waals surface area contributed by atoms with Crippen molar-refractivity contribution < 1.29 is 0 Å². The summed E-state index contributed by atoms with van der Waals surface area (Å²) in [5.74, 6) is 0.985. The van der Waals surface area contributed by atoms with Gasteiger partial charge in [0.2, 0.25) is 0 Å². The fraction of sp³-hybridized carbons (Fsp3) is 0.625. The molecule has 1 aliphatic rings. The topological polar surface area (TPSA) is 24.4 Å². The van der Waals surface area contributed by atoms with Gasteiger partial charge in [-0.15, -0.1) is 0 Å². The van der Waals surface area contributed by atoms with Crippen molar-refractivity contribution in [2.75, 3.05) is 7.05 Å². The minimum absolute atomic E-state index is 0.250. The Bertz CT molecular complexity index is 178. The fourth-order valence-electron chi connectivity index (χ4n) is 0.876. The summed E-state index contributed by atoms with van der Waals surface area (Å²) in [7, 11) is 1.89. The van der Waals surface area contributed by atoms with E-state index in [-0.39, 0.29) is 5.41 Å². The summed E-state index contributed by atoms with van der Waals surface area (Å²) in [6.45, 7) is 4.36. The minimum atomic E-state index is 0.250. The van der Waals surface area contributed by atoms with Gasteiger partial charge in [0.25, 0.3) is 0 Å². The molecule has 10 heavy (non-hydrogen) atoms. The van der Waals surface area contributed by atoms with Crippen LogP contribution in [0.4, 0.5) is 0 Å². The zero-order chi connectivity index (χ0) is 7.61. The quantitative estimate of drug-likeness (QED) is 0.584. The third-order valence-corrected chi connectivity index (χ3v) is 1.63. The molecule has 0 spiro atoms. The van der Waals surface area contributed by atoms with Crippen LogP contribution < -0.4 is 5.32 Å². The molecule has 0 radical (unpaired) electrons. The molecule has 0 amide bonds. The van der Waals surface area contributed by atoms with Gasteiger partial charge in [-0.3, -0.25) is 0 Å². The van der Waals surface area contributed by atoms with Gasteiger partial charge in [-0.2, -0.15) is 0 Å². The summed E-state index contributed by atoms with van der Waals surface area (Å²) in [5.41, 5.74) is 0.250. The molecule has 1 heterocycles. The Balaban J connectivity index is 2.63. The standard InChI is InChI=1S/C8H14N2/c1-8(2)5-4-7(9-3)10-6-8/h4,6,9H,5H2,1-3H3. The van der Waals surface area contributed by atoms with E-state index >= 15 is 0 Å². The molecule has 0 bridgehead atoms. The third-order valence-electron chi connectivity index (χ3n) is 1.63. The fourth-order valence-corrected chi connectivity index (χ4v) is 0.876. The molecule has 0 aliphatic carbocycles. The SMILES string of the molecule is CNC1=CCC(C)(C)C=N1. The smallest absolute Gasteiger partial charge is 0.121 e. The molecule has 0 saturated carbocycles. The zero-order valence-corrected chi connectivity index (χ0v) is 6.81. The molecule has 0 atom stereocenters. The van der Waals surface area contributed by atoms with Gasteiger partial charge >= 0.3 is 0 Å². The van der Waals surface area contributed by atoms with Gasteiger partial charge in [-0.25, -0.2) is 4.99 Å². The van der Waals surface area contributed by atoms with Crippen LogP contribution in [0.15, 0.2) is 16.9 Å². The predicted octanol–water partition coefficient (Wildman–Crippen LogP) is 1.55. The highest BCUT2D eigenvalue weighted by Gasteiger charge is 2.16. The Kier molecular flexibility index (Phi) is 1.79. The van der Waals surface area contributed by atoms with E-state index in [1.54, 1.807) is 0 Å². The van der Waals surface area contributed by atoms with Crippen LogP contribution in [0.5, 0.6) is 0 Å². The Morgan fingerprint density at radius 1 is 1.60 bits per heavy atom. The second kappa shape index (κ2) is 2.45. The van der Waals surface area contributed by atoms with Crippen LogP contribution in [0.2, 0.25) is 0 Å². The van der Waals surface area contributed by atoms with Crippen LogP contribution in [0, 0.1) is 5.41 Å². The molecule has 2 heteroatoms. The second-order valence-electron chi connectivity index (χ2n) is 3.29. The molecule has 2 nitrogen and oxygen atoms in total. The van der Waals surface area contributed by atoms with Crippen molar-refractivity contribution in [2.45, 2.75) is 20.3 Å².